The third-order valence-corrected chi connectivity index (χ3v) is 3.84. The number of nitrogens with zero attached hydrogens (tertiary/aromatic N) is 1. The smallest absolute Gasteiger partial charge is 0.317 e. The molecule has 0 spiro atoms. The SMILES string of the molecule is CC(C)CC1(CNC(=O)N(C)CC(C)(C)O)CCC1. The van der Waals surface area contributed by atoms with Crippen molar-refractivity contribution in [2.45, 2.75) is 59.0 Å². The van der Waals surface area contributed by atoms with E-state index in [1.165, 1.54) is 25.7 Å². The number of likely N-dealkylation sites (N-methyl/N-ethyl adjacent to an activating group) is 1. The average molecular weight is 270 g/mol. The molecule has 0 unspecified atom stereocenters. The van der Waals surface area contributed by atoms with Crippen molar-refractivity contribution in [2.24, 2.45) is 11.3 Å². The normalized spacial score (nSPS) is 18.1. The third kappa shape index (κ3) is 5.39. The Morgan fingerprint density at radius 1 is 1.42 bits per heavy atom. The minimum Gasteiger partial charge on any atom is -0.389 e. The average Bonchev–Trinajstić information content (AvgIpc) is 2.18. The Hall–Kier alpha value is -0.770. The molecule has 1 aliphatic carbocycles. The first-order chi connectivity index (χ1) is 8.64. The third-order valence-electron chi connectivity index (χ3n) is 3.84. The predicted octanol–water partition coefficient (Wildman–Crippen LogP) is 2.62. The van der Waals surface area contributed by atoms with Gasteiger partial charge in [-0.2, -0.15) is 0 Å². The maximum Gasteiger partial charge on any atom is 0.317 e. The van der Waals surface area contributed by atoms with E-state index in [4.69, 9.17) is 0 Å². The molecular formula is C15H30N2O2. The van der Waals surface area contributed by atoms with Crippen LogP contribution in [0.2, 0.25) is 0 Å². The van der Waals surface area contributed by atoms with Crippen LogP contribution in [0.3, 0.4) is 0 Å². The number of hydrogen-bond donors (Lipinski definition) is 2. The van der Waals surface area contributed by atoms with Gasteiger partial charge in [0.15, 0.2) is 0 Å². The summed E-state index contributed by atoms with van der Waals surface area (Å²) in [6, 6.07) is -0.0860. The molecule has 0 heterocycles. The van der Waals surface area contributed by atoms with E-state index in [1.54, 1.807) is 25.8 Å². The highest BCUT2D eigenvalue weighted by Crippen LogP contribution is 2.45. The van der Waals surface area contributed by atoms with Crippen LogP contribution in [0.5, 0.6) is 0 Å². The lowest BCUT2D eigenvalue weighted by atomic mass is 9.64. The van der Waals surface area contributed by atoms with Gasteiger partial charge in [0.25, 0.3) is 0 Å². The molecule has 19 heavy (non-hydrogen) atoms. The highest BCUT2D eigenvalue weighted by molar-refractivity contribution is 5.74. The molecule has 4 heteroatoms. The van der Waals surface area contributed by atoms with Crippen LogP contribution in [0.1, 0.15) is 53.4 Å². The Morgan fingerprint density at radius 3 is 2.37 bits per heavy atom. The lowest BCUT2D eigenvalue weighted by Crippen LogP contribution is -2.49. The van der Waals surface area contributed by atoms with Gasteiger partial charge in [-0.05, 0) is 44.4 Å². The lowest BCUT2D eigenvalue weighted by molar-refractivity contribution is 0.0508. The zero-order chi connectivity index (χ0) is 14.7. The number of rotatable bonds is 6. The van der Waals surface area contributed by atoms with E-state index in [1.807, 2.05) is 0 Å². The number of nitrogens with one attached hydrogen (secondary N) is 1. The first-order valence-corrected chi connectivity index (χ1v) is 7.35. The van der Waals surface area contributed by atoms with Crippen molar-refractivity contribution in [1.29, 1.82) is 0 Å². The second-order valence-electron chi connectivity index (χ2n) is 7.28. The summed E-state index contributed by atoms with van der Waals surface area (Å²) in [5, 5.41) is 12.7. The molecule has 0 saturated heterocycles. The van der Waals surface area contributed by atoms with E-state index in [0.29, 0.717) is 17.9 Å². The van der Waals surface area contributed by atoms with Crippen molar-refractivity contribution >= 4 is 6.03 Å². The van der Waals surface area contributed by atoms with Gasteiger partial charge in [-0.15, -0.1) is 0 Å². The maximum absolute atomic E-state index is 12.0. The summed E-state index contributed by atoms with van der Waals surface area (Å²) in [6.07, 6.45) is 4.91. The van der Waals surface area contributed by atoms with E-state index in [9.17, 15) is 9.90 Å². The maximum atomic E-state index is 12.0. The summed E-state index contributed by atoms with van der Waals surface area (Å²) in [4.78, 5) is 13.6. The number of aliphatic hydroxyl groups is 1. The number of carbonyl (C=O) groups is 1. The zero-order valence-electron chi connectivity index (χ0n) is 13.1. The van der Waals surface area contributed by atoms with Crippen LogP contribution < -0.4 is 5.32 Å². The summed E-state index contributed by atoms with van der Waals surface area (Å²) in [5.74, 6) is 0.673. The van der Waals surface area contributed by atoms with Gasteiger partial charge >= 0.3 is 6.03 Å². The first kappa shape index (κ1) is 16.3. The molecule has 2 amide bonds. The summed E-state index contributed by atoms with van der Waals surface area (Å²) in [5.41, 5.74) is -0.530. The van der Waals surface area contributed by atoms with Gasteiger partial charge in [0.1, 0.15) is 0 Å². The van der Waals surface area contributed by atoms with Crippen molar-refractivity contribution < 1.29 is 9.90 Å². The second-order valence-corrected chi connectivity index (χ2v) is 7.28. The molecule has 112 valence electrons. The summed E-state index contributed by atoms with van der Waals surface area (Å²) in [7, 11) is 1.73. The second kappa shape index (κ2) is 6.12. The van der Waals surface area contributed by atoms with Crippen LogP contribution in [0.25, 0.3) is 0 Å². The molecule has 0 aromatic rings. The minimum absolute atomic E-state index is 0.0860. The van der Waals surface area contributed by atoms with Gasteiger partial charge in [-0.25, -0.2) is 4.79 Å². The van der Waals surface area contributed by atoms with Crippen molar-refractivity contribution in [1.82, 2.24) is 10.2 Å². The molecule has 1 fully saturated rings. The minimum atomic E-state index is -0.849. The molecule has 1 saturated carbocycles. The van der Waals surface area contributed by atoms with Crippen LogP contribution in [0.4, 0.5) is 4.79 Å². The zero-order valence-corrected chi connectivity index (χ0v) is 13.1. The largest absolute Gasteiger partial charge is 0.389 e. The Kier molecular flexibility index (Phi) is 5.25. The molecule has 0 aromatic heterocycles. The van der Waals surface area contributed by atoms with Crippen LogP contribution in [-0.4, -0.2) is 41.8 Å². The molecule has 0 atom stereocenters. The van der Waals surface area contributed by atoms with Crippen LogP contribution in [0.15, 0.2) is 0 Å². The van der Waals surface area contributed by atoms with E-state index >= 15 is 0 Å². The van der Waals surface area contributed by atoms with Gasteiger partial charge in [-0.1, -0.05) is 20.3 Å². The Bertz CT molecular complexity index is 304. The van der Waals surface area contributed by atoms with Crippen molar-refractivity contribution in [3.8, 4) is 0 Å². The van der Waals surface area contributed by atoms with Gasteiger partial charge in [0.05, 0.1) is 12.1 Å². The van der Waals surface area contributed by atoms with Crippen LogP contribution in [-0.2, 0) is 0 Å². The van der Waals surface area contributed by atoms with Crippen molar-refractivity contribution in [3.63, 3.8) is 0 Å². The van der Waals surface area contributed by atoms with Crippen LogP contribution >= 0.6 is 0 Å². The number of amides is 2. The van der Waals surface area contributed by atoms with Gasteiger partial charge in [0, 0.05) is 13.6 Å². The monoisotopic (exact) mass is 270 g/mol. The molecule has 0 aromatic carbocycles. The molecule has 4 nitrogen and oxygen atoms in total. The lowest BCUT2D eigenvalue weighted by Gasteiger charge is -2.43. The summed E-state index contributed by atoms with van der Waals surface area (Å²) >= 11 is 0. The summed E-state index contributed by atoms with van der Waals surface area (Å²) < 4.78 is 0. The van der Waals surface area contributed by atoms with Gasteiger partial charge in [0.2, 0.25) is 0 Å². The number of urea groups is 1. The molecule has 2 N–H and O–H groups in total. The molecule has 0 radical (unpaired) electrons. The van der Waals surface area contributed by atoms with E-state index in [-0.39, 0.29) is 6.03 Å². The quantitative estimate of drug-likeness (QED) is 0.779. The Labute approximate surface area is 117 Å². The molecule has 0 aliphatic heterocycles. The molecular weight excluding hydrogens is 240 g/mol. The summed E-state index contributed by atoms with van der Waals surface area (Å²) in [6.45, 7) is 9.01. The van der Waals surface area contributed by atoms with Crippen molar-refractivity contribution in [2.75, 3.05) is 20.1 Å². The van der Waals surface area contributed by atoms with Gasteiger partial charge in [-0.3, -0.25) is 0 Å². The molecule has 0 bridgehead atoms. The standard InChI is InChI=1S/C15H30N2O2/c1-12(2)9-15(7-6-8-15)10-16-13(18)17(5)11-14(3,4)19/h12,19H,6-11H2,1-5H3,(H,16,18). The Balaban J connectivity index is 2.40. The number of hydrogen-bond acceptors (Lipinski definition) is 2. The Morgan fingerprint density at radius 2 is 2.00 bits per heavy atom. The fourth-order valence-electron chi connectivity index (χ4n) is 3.05. The highest BCUT2D eigenvalue weighted by Gasteiger charge is 2.37. The highest BCUT2D eigenvalue weighted by atomic mass is 16.3. The van der Waals surface area contributed by atoms with E-state index < -0.39 is 5.60 Å². The predicted molar refractivity (Wildman–Crippen MR) is 78.1 cm³/mol. The number of carbonyl (C=O) groups excluding carboxylic acids is 1. The fourth-order valence-corrected chi connectivity index (χ4v) is 3.05. The van der Waals surface area contributed by atoms with E-state index in [0.717, 1.165) is 6.54 Å². The van der Waals surface area contributed by atoms with Crippen molar-refractivity contribution in [3.05, 3.63) is 0 Å². The van der Waals surface area contributed by atoms with Gasteiger partial charge < -0.3 is 15.3 Å². The molecule has 1 rings (SSSR count). The molecule has 1 aliphatic rings. The first-order valence-electron chi connectivity index (χ1n) is 7.35. The van der Waals surface area contributed by atoms with E-state index in [2.05, 4.69) is 19.2 Å². The fraction of sp³-hybridized carbons (Fsp3) is 0.933. The van der Waals surface area contributed by atoms with Crippen LogP contribution in [0, 0.1) is 11.3 Å². The topological polar surface area (TPSA) is 52.6 Å².